The van der Waals surface area contributed by atoms with Crippen LogP contribution in [0.2, 0.25) is 5.02 Å². The molecule has 8 heteroatoms. The maximum Gasteiger partial charge on any atom is 0.335 e. The van der Waals surface area contributed by atoms with Gasteiger partial charge < -0.3 is 20.6 Å². The summed E-state index contributed by atoms with van der Waals surface area (Å²) in [6.07, 6.45) is -2.21. The summed E-state index contributed by atoms with van der Waals surface area (Å²) >= 11 is 6.02. The lowest BCUT2D eigenvalue weighted by atomic mass is 9.98. The van der Waals surface area contributed by atoms with Gasteiger partial charge in [-0.15, -0.1) is 0 Å². The molecule has 0 saturated heterocycles. The van der Waals surface area contributed by atoms with Gasteiger partial charge in [0.25, 0.3) is 0 Å². The zero-order chi connectivity index (χ0) is 21.2. The molecule has 1 aliphatic carbocycles. The van der Waals surface area contributed by atoms with E-state index in [1.165, 1.54) is 0 Å². The highest BCUT2D eigenvalue weighted by Gasteiger charge is 2.62. The standard InChI is InChI=1S/C21H20ClNO6/c22-15-3-1-2-14(10-15)12-4-6-13(7-5-12)16-11-21(16,19(27)20(28)29)23-17(24)8-9-18(25)26/h1-7,10,16,19,27H,8-9,11H2,(H,23,24)(H,25,26)(H,28,29). The first-order valence-corrected chi connectivity index (χ1v) is 9.40. The summed E-state index contributed by atoms with van der Waals surface area (Å²) in [5.41, 5.74) is 1.28. The van der Waals surface area contributed by atoms with Crippen molar-refractivity contribution >= 4 is 29.4 Å². The van der Waals surface area contributed by atoms with Crippen LogP contribution in [0.4, 0.5) is 0 Å². The summed E-state index contributed by atoms with van der Waals surface area (Å²) in [4.78, 5) is 34.1. The van der Waals surface area contributed by atoms with E-state index in [9.17, 15) is 24.6 Å². The van der Waals surface area contributed by atoms with E-state index in [1.807, 2.05) is 42.5 Å². The lowest BCUT2D eigenvalue weighted by Crippen LogP contribution is -2.50. The van der Waals surface area contributed by atoms with Crippen molar-refractivity contribution in [3.05, 3.63) is 59.1 Å². The van der Waals surface area contributed by atoms with Gasteiger partial charge in [0.2, 0.25) is 5.91 Å². The van der Waals surface area contributed by atoms with Crippen LogP contribution in [0.5, 0.6) is 0 Å². The highest BCUT2D eigenvalue weighted by Crippen LogP contribution is 2.54. The molecule has 3 unspecified atom stereocenters. The van der Waals surface area contributed by atoms with Crippen LogP contribution in [-0.2, 0) is 14.4 Å². The van der Waals surface area contributed by atoms with E-state index in [2.05, 4.69) is 5.32 Å². The third-order valence-electron chi connectivity index (χ3n) is 5.13. The molecule has 0 bridgehead atoms. The van der Waals surface area contributed by atoms with Gasteiger partial charge in [0, 0.05) is 17.4 Å². The first-order valence-electron chi connectivity index (χ1n) is 9.02. The fourth-order valence-electron chi connectivity index (χ4n) is 3.54. The molecule has 29 heavy (non-hydrogen) atoms. The molecule has 2 aromatic rings. The van der Waals surface area contributed by atoms with Crippen LogP contribution in [0.25, 0.3) is 11.1 Å². The van der Waals surface area contributed by atoms with Gasteiger partial charge in [-0.2, -0.15) is 0 Å². The predicted molar refractivity (Wildman–Crippen MR) is 106 cm³/mol. The van der Waals surface area contributed by atoms with E-state index < -0.39 is 35.4 Å². The zero-order valence-electron chi connectivity index (χ0n) is 15.3. The monoisotopic (exact) mass is 417 g/mol. The smallest absolute Gasteiger partial charge is 0.335 e. The topological polar surface area (TPSA) is 124 Å². The summed E-state index contributed by atoms with van der Waals surface area (Å²) in [5.74, 6) is -3.57. The minimum atomic E-state index is -1.80. The first-order chi connectivity index (χ1) is 13.7. The molecule has 4 N–H and O–H groups in total. The quantitative estimate of drug-likeness (QED) is 0.523. The molecular formula is C21H20ClNO6. The largest absolute Gasteiger partial charge is 0.481 e. The molecule has 2 aromatic carbocycles. The number of aliphatic hydroxyl groups excluding tert-OH is 1. The van der Waals surface area contributed by atoms with Crippen molar-refractivity contribution < 1.29 is 29.7 Å². The average molecular weight is 418 g/mol. The molecule has 0 spiro atoms. The number of amides is 1. The van der Waals surface area contributed by atoms with Crippen LogP contribution in [0.3, 0.4) is 0 Å². The summed E-state index contributed by atoms with van der Waals surface area (Å²) in [6, 6.07) is 14.7. The van der Waals surface area contributed by atoms with Crippen molar-refractivity contribution in [2.45, 2.75) is 36.8 Å². The van der Waals surface area contributed by atoms with E-state index in [1.54, 1.807) is 6.07 Å². The number of nitrogens with one attached hydrogen (secondary N) is 1. The molecule has 3 rings (SSSR count). The van der Waals surface area contributed by atoms with Crippen LogP contribution in [0.15, 0.2) is 48.5 Å². The highest BCUT2D eigenvalue weighted by molar-refractivity contribution is 6.30. The number of carbonyl (C=O) groups excluding carboxylic acids is 1. The molecule has 0 aromatic heterocycles. The Morgan fingerprint density at radius 1 is 1.07 bits per heavy atom. The van der Waals surface area contributed by atoms with E-state index >= 15 is 0 Å². The summed E-state index contributed by atoms with van der Waals surface area (Å²) in [7, 11) is 0. The third kappa shape index (κ3) is 4.58. The van der Waals surface area contributed by atoms with Gasteiger partial charge in [0.1, 0.15) is 0 Å². The summed E-state index contributed by atoms with van der Waals surface area (Å²) in [6.45, 7) is 0. The van der Waals surface area contributed by atoms with Gasteiger partial charge in [-0.3, -0.25) is 9.59 Å². The number of rotatable bonds is 8. The number of hydrogen-bond donors (Lipinski definition) is 4. The molecule has 7 nitrogen and oxygen atoms in total. The fourth-order valence-corrected chi connectivity index (χ4v) is 3.73. The van der Waals surface area contributed by atoms with Crippen molar-refractivity contribution in [2.24, 2.45) is 0 Å². The summed E-state index contributed by atoms with van der Waals surface area (Å²) in [5, 5.41) is 31.3. The minimum Gasteiger partial charge on any atom is -0.481 e. The fraction of sp³-hybridized carbons (Fsp3) is 0.286. The molecule has 0 heterocycles. The van der Waals surface area contributed by atoms with E-state index in [-0.39, 0.29) is 19.3 Å². The zero-order valence-corrected chi connectivity index (χ0v) is 16.1. The highest BCUT2D eigenvalue weighted by atomic mass is 35.5. The Hall–Kier alpha value is -2.90. The van der Waals surface area contributed by atoms with Gasteiger partial charge >= 0.3 is 11.9 Å². The van der Waals surface area contributed by atoms with Gasteiger partial charge in [-0.25, -0.2) is 4.79 Å². The second kappa shape index (κ2) is 8.23. The van der Waals surface area contributed by atoms with Crippen molar-refractivity contribution in [3.8, 4) is 11.1 Å². The maximum absolute atomic E-state index is 12.1. The number of hydrogen-bond acceptors (Lipinski definition) is 4. The molecule has 1 saturated carbocycles. The minimum absolute atomic E-state index is 0.246. The van der Waals surface area contributed by atoms with Gasteiger partial charge in [0.05, 0.1) is 12.0 Å². The molecule has 3 atom stereocenters. The van der Waals surface area contributed by atoms with E-state index in [4.69, 9.17) is 16.7 Å². The van der Waals surface area contributed by atoms with Crippen LogP contribution in [0, 0.1) is 0 Å². The molecule has 1 aliphatic rings. The van der Waals surface area contributed by atoms with Gasteiger partial charge in [-0.1, -0.05) is 48.0 Å². The molecule has 0 aliphatic heterocycles. The Labute approximate surface area is 171 Å². The Kier molecular flexibility index (Phi) is 5.91. The van der Waals surface area contributed by atoms with Crippen molar-refractivity contribution in [3.63, 3.8) is 0 Å². The molecule has 152 valence electrons. The maximum atomic E-state index is 12.1. The van der Waals surface area contributed by atoms with Gasteiger partial charge in [-0.05, 0) is 35.2 Å². The Morgan fingerprint density at radius 3 is 2.34 bits per heavy atom. The van der Waals surface area contributed by atoms with Crippen LogP contribution in [0.1, 0.15) is 30.7 Å². The second-order valence-corrected chi connectivity index (χ2v) is 7.55. The average Bonchev–Trinajstić information content (AvgIpc) is 3.41. The normalized spacial score (nSPS) is 21.2. The Morgan fingerprint density at radius 2 is 1.76 bits per heavy atom. The lowest BCUT2D eigenvalue weighted by molar-refractivity contribution is -0.149. The number of aliphatic hydroxyl groups is 1. The molecule has 1 amide bonds. The van der Waals surface area contributed by atoms with Crippen molar-refractivity contribution in [1.82, 2.24) is 5.32 Å². The number of aliphatic carboxylic acids is 2. The first kappa shape index (κ1) is 20.8. The van der Waals surface area contributed by atoms with E-state index in [0.717, 1.165) is 16.7 Å². The number of carbonyl (C=O) groups is 3. The second-order valence-electron chi connectivity index (χ2n) is 7.11. The van der Waals surface area contributed by atoms with E-state index in [0.29, 0.717) is 5.02 Å². The van der Waals surface area contributed by atoms with Crippen molar-refractivity contribution in [2.75, 3.05) is 0 Å². The number of halogens is 1. The predicted octanol–water partition coefficient (Wildman–Crippen LogP) is 2.66. The molecule has 0 radical (unpaired) electrons. The number of carboxylic acids is 2. The van der Waals surface area contributed by atoms with Crippen LogP contribution >= 0.6 is 11.6 Å². The molecule has 1 fully saturated rings. The summed E-state index contributed by atoms with van der Waals surface area (Å²) < 4.78 is 0. The van der Waals surface area contributed by atoms with Gasteiger partial charge in [0.15, 0.2) is 6.10 Å². The number of benzene rings is 2. The number of carboxylic acid groups (broad SMARTS) is 2. The van der Waals surface area contributed by atoms with Crippen LogP contribution in [-0.4, -0.2) is 44.8 Å². The van der Waals surface area contributed by atoms with Crippen LogP contribution < -0.4 is 5.32 Å². The Bertz CT molecular complexity index is 944. The lowest BCUT2D eigenvalue weighted by Gasteiger charge is -2.23. The van der Waals surface area contributed by atoms with Crippen molar-refractivity contribution in [1.29, 1.82) is 0 Å². The third-order valence-corrected chi connectivity index (χ3v) is 5.37. The SMILES string of the molecule is O=C(O)CCC(=O)NC1(C(O)C(=O)O)CC1c1ccc(-c2cccc(Cl)c2)cc1. The molecular weight excluding hydrogens is 398 g/mol. The Balaban J connectivity index is 1.79.